The SMILES string of the molecule is C#CCOc1cccc2c1C(=O)c1c(O)cccc1C2=O. The van der Waals surface area contributed by atoms with E-state index in [1.807, 2.05) is 0 Å². The molecule has 1 aliphatic carbocycles. The summed E-state index contributed by atoms with van der Waals surface area (Å²) in [6.45, 7) is -0.00838. The first-order valence-electron chi connectivity index (χ1n) is 6.25. The van der Waals surface area contributed by atoms with E-state index in [-0.39, 0.29) is 46.1 Å². The molecule has 1 aliphatic rings. The van der Waals surface area contributed by atoms with Crippen LogP contribution in [-0.4, -0.2) is 23.3 Å². The number of carbonyl (C=O) groups is 2. The van der Waals surface area contributed by atoms with Gasteiger partial charge < -0.3 is 9.84 Å². The fraction of sp³-hybridized carbons (Fsp3) is 0.0588. The Labute approximate surface area is 121 Å². The monoisotopic (exact) mass is 278 g/mol. The Bertz CT molecular complexity index is 812. The normalized spacial score (nSPS) is 12.3. The molecule has 0 spiro atoms. The molecule has 0 aliphatic heterocycles. The van der Waals surface area contributed by atoms with Crippen molar-refractivity contribution < 1.29 is 19.4 Å². The van der Waals surface area contributed by atoms with Gasteiger partial charge in [-0.05, 0) is 12.1 Å². The van der Waals surface area contributed by atoms with E-state index in [2.05, 4.69) is 5.92 Å². The number of benzene rings is 2. The van der Waals surface area contributed by atoms with Gasteiger partial charge in [0.05, 0.1) is 11.1 Å². The van der Waals surface area contributed by atoms with Gasteiger partial charge in [0.15, 0.2) is 5.78 Å². The van der Waals surface area contributed by atoms with Crippen molar-refractivity contribution in [1.82, 2.24) is 0 Å². The lowest BCUT2D eigenvalue weighted by molar-refractivity contribution is 0.0973. The molecule has 2 aromatic rings. The Balaban J connectivity index is 2.24. The van der Waals surface area contributed by atoms with Crippen molar-refractivity contribution in [2.24, 2.45) is 0 Å². The summed E-state index contributed by atoms with van der Waals surface area (Å²) >= 11 is 0. The molecule has 0 aromatic heterocycles. The van der Waals surface area contributed by atoms with E-state index in [0.29, 0.717) is 0 Å². The van der Waals surface area contributed by atoms with Gasteiger partial charge in [-0.25, -0.2) is 0 Å². The van der Waals surface area contributed by atoms with Crippen molar-refractivity contribution in [2.75, 3.05) is 6.61 Å². The Hall–Kier alpha value is -3.06. The van der Waals surface area contributed by atoms with Crippen molar-refractivity contribution in [2.45, 2.75) is 0 Å². The standard InChI is InChI=1S/C17H10O4/c1-2-9-21-13-8-4-6-11-15(13)17(20)14-10(16(11)19)5-3-7-12(14)18/h1,3-8,18H,9H2. The fourth-order valence-corrected chi connectivity index (χ4v) is 2.43. The van der Waals surface area contributed by atoms with Gasteiger partial charge in [0.25, 0.3) is 0 Å². The zero-order valence-corrected chi connectivity index (χ0v) is 10.9. The van der Waals surface area contributed by atoms with Crippen LogP contribution in [0.2, 0.25) is 0 Å². The quantitative estimate of drug-likeness (QED) is 0.730. The van der Waals surface area contributed by atoms with Crippen LogP contribution < -0.4 is 4.74 Å². The molecule has 0 fully saturated rings. The second-order valence-corrected chi connectivity index (χ2v) is 4.53. The fourth-order valence-electron chi connectivity index (χ4n) is 2.43. The molecular formula is C17H10O4. The average Bonchev–Trinajstić information content (AvgIpc) is 2.50. The van der Waals surface area contributed by atoms with Crippen molar-refractivity contribution in [3.63, 3.8) is 0 Å². The maximum Gasteiger partial charge on any atom is 0.201 e. The molecule has 21 heavy (non-hydrogen) atoms. The number of rotatable bonds is 2. The van der Waals surface area contributed by atoms with Crippen LogP contribution in [0.5, 0.6) is 11.5 Å². The number of ether oxygens (including phenoxy) is 1. The van der Waals surface area contributed by atoms with E-state index in [4.69, 9.17) is 11.2 Å². The van der Waals surface area contributed by atoms with E-state index in [9.17, 15) is 14.7 Å². The van der Waals surface area contributed by atoms with Gasteiger partial charge in [-0.2, -0.15) is 0 Å². The van der Waals surface area contributed by atoms with Crippen LogP contribution in [0.15, 0.2) is 36.4 Å². The Morgan fingerprint density at radius 1 is 1.00 bits per heavy atom. The van der Waals surface area contributed by atoms with E-state index >= 15 is 0 Å². The van der Waals surface area contributed by atoms with Crippen LogP contribution in [-0.2, 0) is 0 Å². The summed E-state index contributed by atoms with van der Waals surface area (Å²) in [6, 6.07) is 9.19. The maximum absolute atomic E-state index is 12.6. The summed E-state index contributed by atoms with van der Waals surface area (Å²) in [6.07, 6.45) is 5.15. The lowest BCUT2D eigenvalue weighted by Gasteiger charge is -2.20. The summed E-state index contributed by atoms with van der Waals surface area (Å²) in [5.41, 5.74) is 0.604. The van der Waals surface area contributed by atoms with Gasteiger partial charge in [-0.1, -0.05) is 30.2 Å². The van der Waals surface area contributed by atoms with Crippen molar-refractivity contribution in [3.05, 3.63) is 58.7 Å². The lowest BCUT2D eigenvalue weighted by Crippen LogP contribution is -2.22. The van der Waals surface area contributed by atoms with Crippen molar-refractivity contribution in [3.8, 4) is 23.8 Å². The zero-order valence-electron chi connectivity index (χ0n) is 10.9. The molecule has 0 radical (unpaired) electrons. The van der Waals surface area contributed by atoms with Gasteiger partial charge in [-0.15, -0.1) is 6.42 Å². The number of aromatic hydroxyl groups is 1. The van der Waals surface area contributed by atoms with Gasteiger partial charge in [0, 0.05) is 11.1 Å². The molecule has 0 saturated carbocycles. The van der Waals surface area contributed by atoms with E-state index in [1.54, 1.807) is 18.2 Å². The number of phenolic OH excluding ortho intramolecular Hbond substituents is 1. The number of carbonyl (C=O) groups excluding carboxylic acids is 2. The number of hydrogen-bond donors (Lipinski definition) is 1. The van der Waals surface area contributed by atoms with Gasteiger partial charge >= 0.3 is 0 Å². The molecule has 4 heteroatoms. The van der Waals surface area contributed by atoms with Gasteiger partial charge in [-0.3, -0.25) is 9.59 Å². The molecule has 1 N–H and O–H groups in total. The second kappa shape index (κ2) is 4.80. The molecule has 0 amide bonds. The minimum Gasteiger partial charge on any atom is -0.507 e. The first-order valence-corrected chi connectivity index (χ1v) is 6.25. The highest BCUT2D eigenvalue weighted by molar-refractivity contribution is 6.30. The summed E-state index contributed by atoms with van der Waals surface area (Å²) in [4.78, 5) is 25.1. The van der Waals surface area contributed by atoms with Gasteiger partial charge in [0.1, 0.15) is 18.1 Å². The van der Waals surface area contributed by atoms with Gasteiger partial charge in [0.2, 0.25) is 5.78 Å². The predicted octanol–water partition coefficient (Wildman–Crippen LogP) is 2.18. The highest BCUT2D eigenvalue weighted by Crippen LogP contribution is 2.36. The van der Waals surface area contributed by atoms with Crippen molar-refractivity contribution in [1.29, 1.82) is 0 Å². The summed E-state index contributed by atoms with van der Waals surface area (Å²) in [5, 5.41) is 9.89. The average molecular weight is 278 g/mol. The molecule has 102 valence electrons. The largest absolute Gasteiger partial charge is 0.507 e. The lowest BCUT2D eigenvalue weighted by atomic mass is 9.83. The number of fused-ring (bicyclic) bond motifs is 2. The molecule has 0 atom stereocenters. The Kier molecular flexibility index (Phi) is 2.96. The first kappa shape index (κ1) is 12.9. The highest BCUT2D eigenvalue weighted by atomic mass is 16.5. The van der Waals surface area contributed by atoms with Crippen LogP contribution in [0, 0.1) is 12.3 Å². The first-order chi connectivity index (χ1) is 10.1. The third-order valence-electron chi connectivity index (χ3n) is 3.32. The van der Waals surface area contributed by atoms with E-state index in [0.717, 1.165) is 0 Å². The second-order valence-electron chi connectivity index (χ2n) is 4.53. The number of ketones is 2. The zero-order chi connectivity index (χ0) is 15.0. The molecular weight excluding hydrogens is 268 g/mol. The third-order valence-corrected chi connectivity index (χ3v) is 3.32. The molecule has 4 nitrogen and oxygen atoms in total. The van der Waals surface area contributed by atoms with Crippen LogP contribution in [0.1, 0.15) is 31.8 Å². The van der Waals surface area contributed by atoms with Crippen LogP contribution in [0.3, 0.4) is 0 Å². The summed E-state index contributed by atoms with van der Waals surface area (Å²) in [5.74, 6) is 1.58. The summed E-state index contributed by atoms with van der Waals surface area (Å²) < 4.78 is 5.34. The minimum absolute atomic E-state index is 0.00626. The Morgan fingerprint density at radius 2 is 1.67 bits per heavy atom. The van der Waals surface area contributed by atoms with Crippen LogP contribution in [0.25, 0.3) is 0 Å². The predicted molar refractivity (Wildman–Crippen MR) is 75.7 cm³/mol. The molecule has 0 bridgehead atoms. The van der Waals surface area contributed by atoms with Crippen molar-refractivity contribution >= 4 is 11.6 Å². The smallest absolute Gasteiger partial charge is 0.201 e. The molecule has 0 saturated heterocycles. The minimum atomic E-state index is -0.440. The number of phenols is 1. The third kappa shape index (κ3) is 1.87. The van der Waals surface area contributed by atoms with Crippen LogP contribution in [0.4, 0.5) is 0 Å². The van der Waals surface area contributed by atoms with E-state index < -0.39 is 5.78 Å². The number of hydrogen-bond acceptors (Lipinski definition) is 4. The maximum atomic E-state index is 12.6. The summed E-state index contributed by atoms with van der Waals surface area (Å²) in [7, 11) is 0. The molecule has 0 heterocycles. The molecule has 3 rings (SSSR count). The molecule has 2 aromatic carbocycles. The Morgan fingerprint density at radius 3 is 2.38 bits per heavy atom. The van der Waals surface area contributed by atoms with E-state index in [1.165, 1.54) is 18.2 Å². The number of terminal acetylenes is 1. The highest BCUT2D eigenvalue weighted by Gasteiger charge is 2.34. The van der Waals surface area contributed by atoms with Crippen LogP contribution >= 0.6 is 0 Å². The topological polar surface area (TPSA) is 63.6 Å². The molecule has 0 unspecified atom stereocenters.